The third kappa shape index (κ3) is 35.9. The number of aliphatic hydroxyl groups is 8. The first-order chi connectivity index (χ1) is 63.4. The van der Waals surface area contributed by atoms with Crippen LogP contribution in [0.15, 0.2) is 309 Å². The zero-order chi connectivity index (χ0) is 94.0. The number of para-hydroxylation sites is 3. The van der Waals surface area contributed by atoms with E-state index in [1.165, 1.54) is 0 Å². The Labute approximate surface area is 845 Å². The van der Waals surface area contributed by atoms with Crippen molar-refractivity contribution in [3.05, 3.63) is 334 Å². The summed E-state index contributed by atoms with van der Waals surface area (Å²) in [6, 6.07) is 114. The molecule has 16 aromatic rings. The third-order valence-electron chi connectivity index (χ3n) is 19.0. The van der Waals surface area contributed by atoms with Crippen LogP contribution in [0.5, 0.6) is 28.7 Å². The van der Waals surface area contributed by atoms with Crippen LogP contribution in [0.25, 0.3) is 114 Å². The van der Waals surface area contributed by atoms with Gasteiger partial charge in [-0.3, -0.25) is 0 Å². The van der Waals surface area contributed by atoms with Gasteiger partial charge in [-0.25, -0.2) is 0 Å². The minimum atomic E-state index is -0.375. The van der Waals surface area contributed by atoms with E-state index in [4.69, 9.17) is 64.5 Å². The topological polar surface area (TPSA) is 331 Å². The normalized spacial score (nSPS) is 12.0. The molecule has 718 valence electrons. The SMILES string of the molecule is CC(O)CC(C)O.CC(O)CC(C)O.CC(O)CC(C)O.CC(O)CC(C)O.CCOc1ccc(-n2c(-c3[c-]cccc3)nnc2-c2ccccc2)cc1.COc1c[c-]c(-c2nnc(-c3ccc(OC)cc3)n2-c2ccccc2)cc1.COc1cccc(-n2c(-c3[c-]cccc3)nnc2-c2ccccc2)c1.COc1ccccc1-n1c(-c2[c-]cccc2)nnc1-c1ccccc1.[Ir].[Ir].[Ir].[Ir]. The Hall–Kier alpha value is -11.5. The molecular formula is C106H116Ir4N12O13-4. The Morgan fingerprint density at radius 2 is 0.556 bits per heavy atom. The summed E-state index contributed by atoms with van der Waals surface area (Å²) in [5, 5.41) is 104. The molecule has 0 aliphatic heterocycles. The number of benzene rings is 12. The van der Waals surface area contributed by atoms with Crippen LogP contribution < -0.4 is 23.7 Å². The number of methoxy groups -OCH3 is 4. The van der Waals surface area contributed by atoms with E-state index in [1.54, 1.807) is 89.9 Å². The van der Waals surface area contributed by atoms with Crippen molar-refractivity contribution in [3.8, 4) is 143 Å². The van der Waals surface area contributed by atoms with Crippen LogP contribution in [0.2, 0.25) is 0 Å². The molecule has 8 atom stereocenters. The number of aliphatic hydroxyl groups excluding tert-OH is 8. The molecule has 0 amide bonds. The summed E-state index contributed by atoms with van der Waals surface area (Å²) in [4.78, 5) is 0. The monoisotopic (exact) mass is 2540 g/mol. The van der Waals surface area contributed by atoms with Crippen molar-refractivity contribution >= 4 is 0 Å². The van der Waals surface area contributed by atoms with Crippen LogP contribution in [-0.2, 0) is 80.4 Å². The molecule has 0 fully saturated rings. The van der Waals surface area contributed by atoms with Crippen molar-refractivity contribution in [3.63, 3.8) is 0 Å². The minimum Gasteiger partial charge on any atom is -0.540 e. The number of hydrogen-bond acceptors (Lipinski definition) is 21. The summed E-state index contributed by atoms with van der Waals surface area (Å²) >= 11 is 0. The molecule has 0 spiro atoms. The molecule has 16 rings (SSSR count). The van der Waals surface area contributed by atoms with Crippen LogP contribution in [0.3, 0.4) is 0 Å². The van der Waals surface area contributed by atoms with Crippen molar-refractivity contribution in [1.29, 1.82) is 0 Å². The fraction of sp³-hybridized carbons (Fsp3) is 0.245. The number of aromatic nitrogens is 12. The summed E-state index contributed by atoms with van der Waals surface area (Å²) in [5.41, 5.74) is 11.2. The van der Waals surface area contributed by atoms with Gasteiger partial charge in [-0.05, 0) is 173 Å². The molecule has 8 N–H and O–H groups in total. The molecule has 25 nitrogen and oxygen atoms in total. The van der Waals surface area contributed by atoms with Crippen molar-refractivity contribution in [2.75, 3.05) is 35.0 Å². The van der Waals surface area contributed by atoms with Crippen LogP contribution in [0.1, 0.15) is 88.0 Å². The molecule has 0 bridgehead atoms. The average Bonchev–Trinajstić information content (AvgIpc) is 1.68. The first kappa shape index (κ1) is 114. The molecular weight excluding hydrogens is 2420 g/mol. The molecule has 0 saturated carbocycles. The first-order valence-corrected chi connectivity index (χ1v) is 43.0. The van der Waals surface area contributed by atoms with E-state index in [2.05, 4.69) is 69.6 Å². The maximum Gasteiger partial charge on any atom is 0.159 e. The van der Waals surface area contributed by atoms with Gasteiger partial charge < -0.3 is 82.8 Å². The summed E-state index contributed by atoms with van der Waals surface area (Å²) in [5.74, 6) is 9.97. The van der Waals surface area contributed by atoms with Gasteiger partial charge in [0.1, 0.15) is 23.0 Å². The second kappa shape index (κ2) is 60.8. The molecule has 12 aromatic carbocycles. The van der Waals surface area contributed by atoms with Gasteiger partial charge in [-0.2, -0.15) is 20.4 Å². The maximum absolute atomic E-state index is 8.56. The zero-order valence-electron chi connectivity index (χ0n) is 77.4. The second-order valence-electron chi connectivity index (χ2n) is 30.4. The summed E-state index contributed by atoms with van der Waals surface area (Å²) in [6.07, 6.45) is -1.11. The van der Waals surface area contributed by atoms with Crippen LogP contribution in [0.4, 0.5) is 0 Å². The van der Waals surface area contributed by atoms with E-state index >= 15 is 0 Å². The standard InChI is InChI=1S/C22H18N3O2.C22H18N3O.2C21H16N3O.4C5H12O2.4Ir/c1-26-19-12-8-16(9-13-19)21-23-24-22(17-10-14-20(27-2)15-11-17)25(21)18-6-4-3-5-7-18;1-2-26-20-15-13-19(14-16-20)25-21(17-9-5-3-6-10-17)23-24-22(25)18-11-7-4-8-12-18;1-25-19-15-9-8-14-18(19)24-20(16-10-4-2-5-11-16)22-23-21(24)17-12-6-3-7-13-17;1-25-19-14-8-13-18(15-19)24-20(16-9-4-2-5-10-16)22-23-21(24)17-11-6-3-7-12-17;4*1-4(6)3-5(2)7;;;;/h3-10,12-15H,1-2H3;3-11,13-16H,2H2,1H3;2-12,14-15H,1H3;2-11,13-15H,1H3;4*4-7H,3H2,1-2H3;;;;/q4*-1;;;;;;;;. The Kier molecular flexibility index (Phi) is 51.3. The van der Waals surface area contributed by atoms with E-state index in [-0.39, 0.29) is 129 Å². The average molecular weight is 2540 g/mol. The fourth-order valence-electron chi connectivity index (χ4n) is 13.3. The minimum absolute atomic E-state index is 0. The predicted octanol–water partition coefficient (Wildman–Crippen LogP) is 18.6. The number of nitrogens with zero attached hydrogens (tertiary/aromatic N) is 12. The fourth-order valence-corrected chi connectivity index (χ4v) is 13.3. The van der Waals surface area contributed by atoms with E-state index in [9.17, 15) is 0 Å². The van der Waals surface area contributed by atoms with Crippen LogP contribution >= 0.6 is 0 Å². The Bertz CT molecular complexity index is 5580. The van der Waals surface area contributed by atoms with Gasteiger partial charge in [0.15, 0.2) is 23.3 Å². The molecule has 29 heteroatoms. The molecule has 4 heterocycles. The quantitative estimate of drug-likeness (QED) is 0.0234. The molecule has 0 aliphatic carbocycles. The summed E-state index contributed by atoms with van der Waals surface area (Å²) in [7, 11) is 6.62. The van der Waals surface area contributed by atoms with Crippen molar-refractivity contribution in [2.45, 2.75) is 137 Å². The second-order valence-corrected chi connectivity index (χ2v) is 30.4. The van der Waals surface area contributed by atoms with Crippen molar-refractivity contribution < 1.29 is 145 Å². The van der Waals surface area contributed by atoms with Crippen LogP contribution in [0, 0.1) is 24.3 Å². The van der Waals surface area contributed by atoms with E-state index in [0.717, 1.165) is 143 Å². The summed E-state index contributed by atoms with van der Waals surface area (Å²) < 4.78 is 35.1. The van der Waals surface area contributed by atoms with E-state index in [0.29, 0.717) is 32.3 Å². The van der Waals surface area contributed by atoms with Gasteiger partial charge in [-0.1, -0.05) is 127 Å². The molecule has 0 saturated heterocycles. The predicted molar refractivity (Wildman–Crippen MR) is 514 cm³/mol. The molecule has 0 aliphatic rings. The third-order valence-corrected chi connectivity index (χ3v) is 19.0. The van der Waals surface area contributed by atoms with E-state index in [1.807, 2.05) is 324 Å². The Morgan fingerprint density at radius 3 is 0.889 bits per heavy atom. The molecule has 4 radical (unpaired) electrons. The van der Waals surface area contributed by atoms with Gasteiger partial charge in [0.05, 0.1) is 113 Å². The van der Waals surface area contributed by atoms with Crippen molar-refractivity contribution in [1.82, 2.24) is 59.1 Å². The van der Waals surface area contributed by atoms with Gasteiger partial charge >= 0.3 is 0 Å². The van der Waals surface area contributed by atoms with E-state index < -0.39 is 0 Å². The van der Waals surface area contributed by atoms with Gasteiger partial charge in [-0.15, -0.1) is 158 Å². The van der Waals surface area contributed by atoms with Crippen LogP contribution in [-0.4, -0.2) is 184 Å². The summed E-state index contributed by atoms with van der Waals surface area (Å²) in [6.45, 7) is 15.9. The Morgan fingerprint density at radius 1 is 0.259 bits per heavy atom. The zero-order valence-corrected chi connectivity index (χ0v) is 87.0. The van der Waals surface area contributed by atoms with Gasteiger partial charge in [0.2, 0.25) is 0 Å². The number of ether oxygens (including phenoxy) is 5. The molecule has 8 unspecified atom stereocenters. The first-order valence-electron chi connectivity index (χ1n) is 43.0. The largest absolute Gasteiger partial charge is 0.540 e. The number of rotatable bonds is 26. The Balaban J connectivity index is 0.000000287. The number of hydrogen-bond donors (Lipinski definition) is 8. The van der Waals surface area contributed by atoms with Gasteiger partial charge in [0, 0.05) is 132 Å². The smallest absolute Gasteiger partial charge is 0.159 e. The molecule has 135 heavy (non-hydrogen) atoms. The molecule has 4 aromatic heterocycles. The maximum atomic E-state index is 8.56. The van der Waals surface area contributed by atoms with Crippen molar-refractivity contribution in [2.24, 2.45) is 0 Å². The van der Waals surface area contributed by atoms with Gasteiger partial charge in [0.25, 0.3) is 0 Å².